The third-order valence-electron chi connectivity index (χ3n) is 6.51. The van der Waals surface area contributed by atoms with Gasteiger partial charge in [-0.3, -0.25) is 9.89 Å². The van der Waals surface area contributed by atoms with Crippen LogP contribution in [0.15, 0.2) is 29.3 Å². The molecule has 0 amide bonds. The van der Waals surface area contributed by atoms with Gasteiger partial charge in [0.25, 0.3) is 0 Å². The van der Waals surface area contributed by atoms with E-state index < -0.39 is 0 Å². The highest BCUT2D eigenvalue weighted by atomic mass is 16.5. The number of likely N-dealkylation sites (tertiary alicyclic amines) is 1. The van der Waals surface area contributed by atoms with Crippen molar-refractivity contribution in [2.45, 2.75) is 70.7 Å². The largest absolute Gasteiger partial charge is 0.373 e. The van der Waals surface area contributed by atoms with Gasteiger partial charge < -0.3 is 15.4 Å². The van der Waals surface area contributed by atoms with Crippen LogP contribution in [0.4, 0.5) is 0 Å². The molecule has 3 atom stereocenters. The lowest BCUT2D eigenvalue weighted by Crippen LogP contribution is -2.47. The van der Waals surface area contributed by atoms with Crippen molar-refractivity contribution in [2.75, 3.05) is 26.2 Å². The van der Waals surface area contributed by atoms with Gasteiger partial charge in [0, 0.05) is 19.6 Å². The van der Waals surface area contributed by atoms with Crippen molar-refractivity contribution < 1.29 is 4.74 Å². The Kier molecular flexibility index (Phi) is 6.53. The van der Waals surface area contributed by atoms with Crippen LogP contribution in [0.25, 0.3) is 0 Å². The van der Waals surface area contributed by atoms with E-state index >= 15 is 0 Å². The summed E-state index contributed by atoms with van der Waals surface area (Å²) in [7, 11) is 0. The van der Waals surface area contributed by atoms with Crippen LogP contribution in [-0.2, 0) is 11.3 Å². The Morgan fingerprint density at radius 2 is 1.93 bits per heavy atom. The third kappa shape index (κ3) is 5.06. The standard InChI is InChI=1S/C23H36N4O/c1-3-24-23(26-21-14-20-8-9-22(21)28-20)25-15-18-10-12-27(13-11-18)16-19-6-4-17(2)5-7-19/h4-7,18,20-22H,3,8-16H2,1-2H3,(H2,24,25,26). The highest BCUT2D eigenvalue weighted by molar-refractivity contribution is 5.80. The zero-order chi connectivity index (χ0) is 19.3. The maximum atomic E-state index is 5.97. The molecule has 3 fully saturated rings. The van der Waals surface area contributed by atoms with E-state index in [1.165, 1.54) is 49.9 Å². The summed E-state index contributed by atoms with van der Waals surface area (Å²) in [6, 6.07) is 9.40. The normalized spacial score (nSPS) is 28.6. The van der Waals surface area contributed by atoms with Gasteiger partial charge in [-0.25, -0.2) is 0 Å². The summed E-state index contributed by atoms with van der Waals surface area (Å²) in [6.45, 7) is 9.55. The predicted molar refractivity (Wildman–Crippen MR) is 115 cm³/mol. The minimum Gasteiger partial charge on any atom is -0.373 e. The van der Waals surface area contributed by atoms with Crippen LogP contribution >= 0.6 is 0 Å². The van der Waals surface area contributed by atoms with Crippen LogP contribution in [0.3, 0.4) is 0 Å². The number of nitrogens with one attached hydrogen (secondary N) is 2. The van der Waals surface area contributed by atoms with Gasteiger partial charge in [-0.1, -0.05) is 29.8 Å². The molecular weight excluding hydrogens is 348 g/mol. The number of nitrogens with zero attached hydrogens (tertiary/aromatic N) is 2. The molecule has 3 aliphatic heterocycles. The first kappa shape index (κ1) is 19.7. The summed E-state index contributed by atoms with van der Waals surface area (Å²) in [4.78, 5) is 7.51. The van der Waals surface area contributed by atoms with Crippen molar-refractivity contribution in [1.29, 1.82) is 0 Å². The van der Waals surface area contributed by atoms with Crippen LogP contribution in [0.1, 0.15) is 50.2 Å². The fourth-order valence-electron chi connectivity index (χ4n) is 4.78. The van der Waals surface area contributed by atoms with Gasteiger partial charge >= 0.3 is 0 Å². The highest BCUT2D eigenvalue weighted by Gasteiger charge is 2.41. The minimum atomic E-state index is 0.388. The lowest BCUT2D eigenvalue weighted by molar-refractivity contribution is 0.0992. The number of ether oxygens (including phenoxy) is 1. The molecule has 0 spiro atoms. The molecule has 3 saturated heterocycles. The summed E-state index contributed by atoms with van der Waals surface area (Å²) in [6.07, 6.45) is 6.91. The average molecular weight is 385 g/mol. The van der Waals surface area contributed by atoms with Gasteiger partial charge in [0.2, 0.25) is 0 Å². The second kappa shape index (κ2) is 9.27. The first-order chi connectivity index (χ1) is 13.7. The van der Waals surface area contributed by atoms with Crippen LogP contribution in [0, 0.1) is 12.8 Å². The molecule has 0 aromatic heterocycles. The Morgan fingerprint density at radius 1 is 1.14 bits per heavy atom. The van der Waals surface area contributed by atoms with Crippen molar-refractivity contribution in [3.63, 3.8) is 0 Å². The van der Waals surface area contributed by atoms with Gasteiger partial charge in [-0.05, 0) is 70.5 Å². The summed E-state index contributed by atoms with van der Waals surface area (Å²) < 4.78 is 5.97. The maximum Gasteiger partial charge on any atom is 0.191 e. The van der Waals surface area contributed by atoms with E-state index in [0.717, 1.165) is 32.0 Å². The Balaban J connectivity index is 1.23. The van der Waals surface area contributed by atoms with Crippen LogP contribution in [0.5, 0.6) is 0 Å². The lowest BCUT2D eigenvalue weighted by atomic mass is 9.95. The van der Waals surface area contributed by atoms with Crippen molar-refractivity contribution in [3.05, 3.63) is 35.4 Å². The monoisotopic (exact) mass is 384 g/mol. The quantitative estimate of drug-likeness (QED) is 0.585. The fourth-order valence-corrected chi connectivity index (χ4v) is 4.78. The van der Waals surface area contributed by atoms with Crippen molar-refractivity contribution >= 4 is 5.96 Å². The number of hydrogen-bond donors (Lipinski definition) is 2. The van der Waals surface area contributed by atoms with Crippen LogP contribution < -0.4 is 10.6 Å². The van der Waals surface area contributed by atoms with E-state index in [4.69, 9.17) is 9.73 Å². The van der Waals surface area contributed by atoms with Gasteiger partial charge in [-0.2, -0.15) is 0 Å². The Morgan fingerprint density at radius 3 is 2.57 bits per heavy atom. The lowest BCUT2D eigenvalue weighted by Gasteiger charge is -2.31. The zero-order valence-corrected chi connectivity index (χ0v) is 17.5. The SMILES string of the molecule is CCNC(=NCC1CCN(Cc2ccc(C)cc2)CC1)NC1CC2CCC1O2. The van der Waals surface area contributed by atoms with Crippen molar-refractivity contribution in [1.82, 2.24) is 15.5 Å². The van der Waals surface area contributed by atoms with E-state index in [-0.39, 0.29) is 0 Å². The molecule has 4 rings (SSSR count). The number of rotatable bonds is 6. The van der Waals surface area contributed by atoms with E-state index in [1.807, 2.05) is 0 Å². The number of benzene rings is 1. The van der Waals surface area contributed by atoms with Crippen LogP contribution in [0.2, 0.25) is 0 Å². The number of aryl methyl sites for hydroxylation is 1. The molecule has 0 radical (unpaired) electrons. The van der Waals surface area contributed by atoms with Crippen molar-refractivity contribution in [3.8, 4) is 0 Å². The summed E-state index contributed by atoms with van der Waals surface area (Å²) >= 11 is 0. The molecule has 3 heterocycles. The highest BCUT2D eigenvalue weighted by Crippen LogP contribution is 2.34. The Bertz CT molecular complexity index is 651. The Labute approximate surface area is 169 Å². The molecule has 5 nitrogen and oxygen atoms in total. The number of hydrogen-bond acceptors (Lipinski definition) is 3. The van der Waals surface area contributed by atoms with E-state index in [1.54, 1.807) is 0 Å². The molecule has 5 heteroatoms. The summed E-state index contributed by atoms with van der Waals surface area (Å²) in [5.41, 5.74) is 2.76. The van der Waals surface area contributed by atoms with E-state index in [2.05, 4.69) is 53.6 Å². The first-order valence-electron chi connectivity index (χ1n) is 11.2. The molecule has 3 unspecified atom stereocenters. The summed E-state index contributed by atoms with van der Waals surface area (Å²) in [5.74, 6) is 1.67. The molecule has 28 heavy (non-hydrogen) atoms. The van der Waals surface area contributed by atoms with Crippen LogP contribution in [-0.4, -0.2) is 55.3 Å². The number of fused-ring (bicyclic) bond motifs is 2. The first-order valence-corrected chi connectivity index (χ1v) is 11.2. The molecule has 3 aliphatic rings. The van der Waals surface area contributed by atoms with E-state index in [0.29, 0.717) is 24.2 Å². The van der Waals surface area contributed by atoms with E-state index in [9.17, 15) is 0 Å². The van der Waals surface area contributed by atoms with Crippen molar-refractivity contribution in [2.24, 2.45) is 10.9 Å². The molecule has 154 valence electrons. The minimum absolute atomic E-state index is 0.388. The molecular formula is C23H36N4O. The second-order valence-corrected chi connectivity index (χ2v) is 8.79. The third-order valence-corrected chi connectivity index (χ3v) is 6.51. The second-order valence-electron chi connectivity index (χ2n) is 8.79. The summed E-state index contributed by atoms with van der Waals surface area (Å²) in [5, 5.41) is 7.06. The molecule has 2 bridgehead atoms. The number of piperidine rings is 1. The predicted octanol–water partition coefficient (Wildman–Crippen LogP) is 3.08. The average Bonchev–Trinajstić information content (AvgIpc) is 3.32. The number of aliphatic imine (C=N–C) groups is 1. The maximum absolute atomic E-state index is 5.97. The molecule has 0 saturated carbocycles. The zero-order valence-electron chi connectivity index (χ0n) is 17.5. The van der Waals surface area contributed by atoms with Gasteiger partial charge in [0.15, 0.2) is 5.96 Å². The molecule has 1 aromatic rings. The smallest absolute Gasteiger partial charge is 0.191 e. The fraction of sp³-hybridized carbons (Fsp3) is 0.696. The van der Waals surface area contributed by atoms with Gasteiger partial charge in [0.1, 0.15) is 0 Å². The molecule has 0 aliphatic carbocycles. The van der Waals surface area contributed by atoms with Gasteiger partial charge in [-0.15, -0.1) is 0 Å². The Hall–Kier alpha value is -1.59. The topological polar surface area (TPSA) is 48.9 Å². The molecule has 1 aromatic carbocycles. The molecule has 2 N–H and O–H groups in total. The number of guanidine groups is 1. The van der Waals surface area contributed by atoms with Gasteiger partial charge in [0.05, 0.1) is 18.2 Å².